The van der Waals surface area contributed by atoms with E-state index in [9.17, 15) is 18.4 Å². The van der Waals surface area contributed by atoms with Crippen LogP contribution in [-0.4, -0.2) is 18.5 Å². The Bertz CT molecular complexity index is 745. The second-order valence-corrected chi connectivity index (χ2v) is 5.74. The van der Waals surface area contributed by atoms with Gasteiger partial charge in [0.15, 0.2) is 6.61 Å². The molecule has 4 nitrogen and oxygen atoms in total. The Kier molecular flexibility index (Phi) is 5.28. The fraction of sp³-hybridized carbons (Fsp3) is 0.222. The molecule has 0 aliphatic heterocycles. The van der Waals surface area contributed by atoms with Crippen molar-refractivity contribution in [3.05, 3.63) is 65.7 Å². The molecule has 126 valence electrons. The number of amides is 1. The number of hydrogen-bond acceptors (Lipinski definition) is 3. The SMILES string of the molecule is CC(C)(C(=O)OCC(=O)Nc1cc(F)ccc1F)c1ccccc1. The molecule has 0 heterocycles. The summed E-state index contributed by atoms with van der Waals surface area (Å²) in [5, 5.41) is 2.17. The van der Waals surface area contributed by atoms with Gasteiger partial charge in [0.2, 0.25) is 0 Å². The lowest BCUT2D eigenvalue weighted by Gasteiger charge is -2.22. The molecule has 1 N–H and O–H groups in total. The highest BCUT2D eigenvalue weighted by Gasteiger charge is 2.31. The van der Waals surface area contributed by atoms with Crippen LogP contribution in [0, 0.1) is 11.6 Å². The van der Waals surface area contributed by atoms with E-state index < -0.39 is 35.5 Å². The van der Waals surface area contributed by atoms with Gasteiger partial charge in [-0.1, -0.05) is 30.3 Å². The fourth-order valence-corrected chi connectivity index (χ4v) is 2.06. The van der Waals surface area contributed by atoms with E-state index in [1.54, 1.807) is 38.1 Å². The first-order valence-electron chi connectivity index (χ1n) is 7.28. The van der Waals surface area contributed by atoms with Crippen LogP contribution in [0.5, 0.6) is 0 Å². The normalized spacial score (nSPS) is 11.0. The predicted molar refractivity (Wildman–Crippen MR) is 85.4 cm³/mol. The van der Waals surface area contributed by atoms with Crippen molar-refractivity contribution in [2.24, 2.45) is 0 Å². The van der Waals surface area contributed by atoms with Crippen LogP contribution in [0.1, 0.15) is 19.4 Å². The van der Waals surface area contributed by atoms with Gasteiger partial charge in [-0.3, -0.25) is 9.59 Å². The summed E-state index contributed by atoms with van der Waals surface area (Å²) in [4.78, 5) is 24.0. The van der Waals surface area contributed by atoms with Crippen LogP contribution in [0.2, 0.25) is 0 Å². The van der Waals surface area contributed by atoms with Gasteiger partial charge in [-0.2, -0.15) is 0 Å². The number of benzene rings is 2. The van der Waals surface area contributed by atoms with Crippen molar-refractivity contribution < 1.29 is 23.1 Å². The third-order valence-electron chi connectivity index (χ3n) is 3.54. The lowest BCUT2D eigenvalue weighted by atomic mass is 9.85. The molecule has 0 unspecified atom stereocenters. The molecule has 0 spiro atoms. The van der Waals surface area contributed by atoms with Crippen LogP contribution in [0.4, 0.5) is 14.5 Å². The zero-order chi connectivity index (χ0) is 17.7. The van der Waals surface area contributed by atoms with Crippen LogP contribution in [0.3, 0.4) is 0 Å². The molecule has 0 aliphatic rings. The first-order valence-corrected chi connectivity index (χ1v) is 7.28. The van der Waals surface area contributed by atoms with Gasteiger partial charge in [-0.25, -0.2) is 8.78 Å². The van der Waals surface area contributed by atoms with Gasteiger partial charge in [0.05, 0.1) is 11.1 Å². The van der Waals surface area contributed by atoms with Gasteiger partial charge >= 0.3 is 5.97 Å². The molecular weight excluding hydrogens is 316 g/mol. The van der Waals surface area contributed by atoms with E-state index in [-0.39, 0.29) is 5.69 Å². The van der Waals surface area contributed by atoms with Crippen LogP contribution in [-0.2, 0) is 19.7 Å². The number of halogens is 2. The second kappa shape index (κ2) is 7.21. The lowest BCUT2D eigenvalue weighted by Crippen LogP contribution is -2.33. The predicted octanol–water partition coefficient (Wildman–Crippen LogP) is 3.42. The van der Waals surface area contributed by atoms with E-state index in [0.717, 1.165) is 23.8 Å². The summed E-state index contributed by atoms with van der Waals surface area (Å²) in [5.74, 6) is -2.81. The van der Waals surface area contributed by atoms with Crippen molar-refractivity contribution in [2.45, 2.75) is 19.3 Å². The number of ether oxygens (including phenoxy) is 1. The molecule has 6 heteroatoms. The molecule has 2 aromatic rings. The summed E-state index contributed by atoms with van der Waals surface area (Å²) in [7, 11) is 0. The summed E-state index contributed by atoms with van der Waals surface area (Å²) >= 11 is 0. The van der Waals surface area contributed by atoms with Crippen LogP contribution < -0.4 is 5.32 Å². The quantitative estimate of drug-likeness (QED) is 0.853. The number of hydrogen-bond donors (Lipinski definition) is 1. The van der Waals surface area contributed by atoms with Crippen LogP contribution >= 0.6 is 0 Å². The molecule has 1 amide bonds. The van der Waals surface area contributed by atoms with Gasteiger partial charge in [0.1, 0.15) is 11.6 Å². The molecule has 2 rings (SSSR count). The van der Waals surface area contributed by atoms with Crippen LogP contribution in [0.25, 0.3) is 0 Å². The third-order valence-corrected chi connectivity index (χ3v) is 3.54. The molecule has 2 aromatic carbocycles. The molecule has 0 saturated carbocycles. The minimum absolute atomic E-state index is 0.307. The van der Waals surface area contributed by atoms with Gasteiger partial charge in [-0.15, -0.1) is 0 Å². The Labute approximate surface area is 138 Å². The summed E-state index contributed by atoms with van der Waals surface area (Å²) in [6.45, 7) is 2.76. The maximum absolute atomic E-state index is 13.5. The van der Waals surface area contributed by atoms with Crippen molar-refractivity contribution in [3.63, 3.8) is 0 Å². The van der Waals surface area contributed by atoms with E-state index in [2.05, 4.69) is 5.32 Å². The van der Waals surface area contributed by atoms with E-state index in [1.165, 1.54) is 0 Å². The number of rotatable bonds is 5. The first kappa shape index (κ1) is 17.6. The van der Waals surface area contributed by atoms with E-state index in [0.29, 0.717) is 0 Å². The summed E-state index contributed by atoms with van der Waals surface area (Å²) in [6.07, 6.45) is 0. The van der Waals surface area contributed by atoms with Gasteiger partial charge in [0, 0.05) is 6.07 Å². The van der Waals surface area contributed by atoms with Crippen molar-refractivity contribution in [1.82, 2.24) is 0 Å². The lowest BCUT2D eigenvalue weighted by molar-refractivity contribution is -0.152. The Balaban J connectivity index is 1.96. The highest BCUT2D eigenvalue weighted by molar-refractivity contribution is 5.93. The van der Waals surface area contributed by atoms with Gasteiger partial charge in [-0.05, 0) is 31.5 Å². The number of esters is 1. The monoisotopic (exact) mass is 333 g/mol. The summed E-state index contributed by atoms with van der Waals surface area (Å²) < 4.78 is 31.5. The van der Waals surface area contributed by atoms with Crippen molar-refractivity contribution in [2.75, 3.05) is 11.9 Å². The number of anilines is 1. The van der Waals surface area contributed by atoms with Crippen molar-refractivity contribution >= 4 is 17.6 Å². The van der Waals surface area contributed by atoms with E-state index >= 15 is 0 Å². The Morgan fingerprint density at radius 2 is 1.75 bits per heavy atom. The van der Waals surface area contributed by atoms with E-state index in [4.69, 9.17) is 4.74 Å². The molecule has 0 bridgehead atoms. The summed E-state index contributed by atoms with van der Waals surface area (Å²) in [5.41, 5.74) is -0.504. The van der Waals surface area contributed by atoms with Crippen LogP contribution in [0.15, 0.2) is 48.5 Å². The molecule has 0 aliphatic carbocycles. The highest BCUT2D eigenvalue weighted by Crippen LogP contribution is 2.24. The number of carbonyl (C=O) groups is 2. The molecule has 0 radical (unpaired) electrons. The molecule has 0 saturated heterocycles. The van der Waals surface area contributed by atoms with Crippen molar-refractivity contribution in [3.8, 4) is 0 Å². The Hall–Kier alpha value is -2.76. The van der Waals surface area contributed by atoms with E-state index in [1.807, 2.05) is 6.07 Å². The Morgan fingerprint density at radius 3 is 2.42 bits per heavy atom. The maximum atomic E-state index is 13.5. The van der Waals surface area contributed by atoms with Crippen molar-refractivity contribution in [1.29, 1.82) is 0 Å². The largest absolute Gasteiger partial charge is 0.455 e. The standard InChI is InChI=1S/C18H17F2NO3/c1-18(2,12-6-4-3-5-7-12)17(23)24-11-16(22)21-15-10-13(19)8-9-14(15)20/h3-10H,11H2,1-2H3,(H,21,22). The average molecular weight is 333 g/mol. The molecule has 24 heavy (non-hydrogen) atoms. The fourth-order valence-electron chi connectivity index (χ4n) is 2.06. The molecule has 0 fully saturated rings. The number of nitrogens with one attached hydrogen (secondary N) is 1. The first-order chi connectivity index (χ1) is 11.3. The Morgan fingerprint density at radius 1 is 1.08 bits per heavy atom. The third kappa shape index (κ3) is 4.16. The molecule has 0 atom stereocenters. The minimum atomic E-state index is -0.939. The zero-order valence-electron chi connectivity index (χ0n) is 13.3. The summed E-state index contributed by atoms with van der Waals surface area (Å²) in [6, 6.07) is 11.7. The highest BCUT2D eigenvalue weighted by atomic mass is 19.1. The second-order valence-electron chi connectivity index (χ2n) is 5.74. The van der Waals surface area contributed by atoms with Gasteiger partial charge < -0.3 is 10.1 Å². The minimum Gasteiger partial charge on any atom is -0.455 e. The van der Waals surface area contributed by atoms with Gasteiger partial charge in [0.25, 0.3) is 5.91 Å². The maximum Gasteiger partial charge on any atom is 0.316 e. The molecule has 0 aromatic heterocycles. The molecular formula is C18H17F2NO3. The topological polar surface area (TPSA) is 55.4 Å². The zero-order valence-corrected chi connectivity index (χ0v) is 13.3. The smallest absolute Gasteiger partial charge is 0.316 e. The average Bonchev–Trinajstić information content (AvgIpc) is 2.56. The number of carbonyl (C=O) groups excluding carboxylic acids is 2.